The van der Waals surface area contributed by atoms with E-state index in [0.717, 1.165) is 21.8 Å². The number of nitrogens with zero attached hydrogens (tertiary/aromatic N) is 4. The molecule has 0 amide bonds. The van der Waals surface area contributed by atoms with Gasteiger partial charge in [0.25, 0.3) is 0 Å². The van der Waals surface area contributed by atoms with Crippen molar-refractivity contribution in [2.45, 2.75) is 0 Å². The number of hydrogen-bond donors (Lipinski definition) is 2. The van der Waals surface area contributed by atoms with Crippen LogP contribution in [0.25, 0.3) is 27.8 Å². The van der Waals surface area contributed by atoms with Gasteiger partial charge in [-0.2, -0.15) is 15.0 Å². The molecule has 2 aromatic carbocycles. The van der Waals surface area contributed by atoms with Gasteiger partial charge in [-0.15, -0.1) is 0 Å². The van der Waals surface area contributed by atoms with Crippen molar-refractivity contribution in [3.8, 4) is 5.95 Å². The van der Waals surface area contributed by atoms with Crippen LogP contribution in [0.3, 0.4) is 0 Å². The summed E-state index contributed by atoms with van der Waals surface area (Å²) >= 11 is 0. The zero-order chi connectivity index (χ0) is 14.4. The van der Waals surface area contributed by atoms with Gasteiger partial charge in [-0.05, 0) is 12.1 Å². The molecule has 0 aliphatic rings. The summed E-state index contributed by atoms with van der Waals surface area (Å²) in [5.74, 6) is 0.649. The molecule has 4 aromatic rings. The van der Waals surface area contributed by atoms with Gasteiger partial charge in [-0.1, -0.05) is 36.4 Å². The number of para-hydroxylation sites is 2. The molecule has 0 unspecified atom stereocenters. The van der Waals surface area contributed by atoms with Gasteiger partial charge in [0.1, 0.15) is 0 Å². The van der Waals surface area contributed by atoms with Crippen molar-refractivity contribution in [2.24, 2.45) is 0 Å². The molecule has 0 radical (unpaired) electrons. The Labute approximate surface area is 120 Å². The van der Waals surface area contributed by atoms with E-state index < -0.39 is 0 Å². The Balaban J connectivity index is 2.20. The van der Waals surface area contributed by atoms with E-state index in [2.05, 4.69) is 27.1 Å². The lowest BCUT2D eigenvalue weighted by Gasteiger charge is -2.06. The second kappa shape index (κ2) is 4.17. The van der Waals surface area contributed by atoms with Crippen molar-refractivity contribution < 1.29 is 0 Å². The maximum absolute atomic E-state index is 5.70. The van der Waals surface area contributed by atoms with Gasteiger partial charge < -0.3 is 11.5 Å². The van der Waals surface area contributed by atoms with Gasteiger partial charge in [0.15, 0.2) is 0 Å². The monoisotopic (exact) mass is 276 g/mol. The largest absolute Gasteiger partial charge is 0.368 e. The van der Waals surface area contributed by atoms with Crippen molar-refractivity contribution in [3.05, 3.63) is 48.5 Å². The fraction of sp³-hybridized carbons (Fsp3) is 0. The van der Waals surface area contributed by atoms with Crippen LogP contribution in [-0.4, -0.2) is 19.5 Å². The minimum Gasteiger partial charge on any atom is -0.368 e. The highest BCUT2D eigenvalue weighted by Crippen LogP contribution is 2.30. The lowest BCUT2D eigenvalue weighted by molar-refractivity contribution is 0.960. The maximum Gasteiger partial charge on any atom is 0.241 e. The molecule has 0 aliphatic carbocycles. The third kappa shape index (κ3) is 1.69. The van der Waals surface area contributed by atoms with Gasteiger partial charge in [0.2, 0.25) is 17.8 Å². The van der Waals surface area contributed by atoms with Gasteiger partial charge in [0.05, 0.1) is 11.0 Å². The number of fused-ring (bicyclic) bond motifs is 3. The zero-order valence-corrected chi connectivity index (χ0v) is 11.1. The average molecular weight is 276 g/mol. The zero-order valence-electron chi connectivity index (χ0n) is 11.1. The summed E-state index contributed by atoms with van der Waals surface area (Å²) in [4.78, 5) is 12.3. The van der Waals surface area contributed by atoms with Gasteiger partial charge in [-0.25, -0.2) is 0 Å². The van der Waals surface area contributed by atoms with Crippen molar-refractivity contribution in [1.82, 2.24) is 19.5 Å². The van der Waals surface area contributed by atoms with Gasteiger partial charge >= 0.3 is 0 Å². The van der Waals surface area contributed by atoms with Crippen molar-refractivity contribution in [3.63, 3.8) is 0 Å². The molecule has 6 nitrogen and oxygen atoms in total. The molecule has 0 fully saturated rings. The number of aromatic nitrogens is 4. The van der Waals surface area contributed by atoms with Crippen LogP contribution in [0.1, 0.15) is 0 Å². The van der Waals surface area contributed by atoms with Crippen LogP contribution < -0.4 is 11.5 Å². The number of hydrogen-bond acceptors (Lipinski definition) is 5. The third-order valence-electron chi connectivity index (χ3n) is 3.44. The first-order valence-corrected chi connectivity index (χ1v) is 6.49. The Hall–Kier alpha value is -3.15. The summed E-state index contributed by atoms with van der Waals surface area (Å²) in [6.45, 7) is 0. The van der Waals surface area contributed by atoms with Crippen molar-refractivity contribution >= 4 is 33.7 Å². The van der Waals surface area contributed by atoms with E-state index in [1.165, 1.54) is 0 Å². The molecule has 4 rings (SSSR count). The second-order valence-electron chi connectivity index (χ2n) is 4.72. The minimum atomic E-state index is 0.111. The molecule has 21 heavy (non-hydrogen) atoms. The maximum atomic E-state index is 5.70. The number of nitrogens with two attached hydrogens (primary N) is 2. The van der Waals surface area contributed by atoms with Crippen molar-refractivity contribution in [1.29, 1.82) is 0 Å². The summed E-state index contributed by atoms with van der Waals surface area (Å²) in [6, 6.07) is 16.2. The average Bonchev–Trinajstić information content (AvgIpc) is 2.81. The fourth-order valence-corrected chi connectivity index (χ4v) is 2.64. The second-order valence-corrected chi connectivity index (χ2v) is 4.72. The molecule has 0 atom stereocenters. The Morgan fingerprint density at radius 3 is 1.67 bits per heavy atom. The first kappa shape index (κ1) is 11.7. The SMILES string of the molecule is Nc1nc(N)nc(-n2c3ccccc3c3ccccc32)n1. The topological polar surface area (TPSA) is 95.6 Å². The molecule has 6 heteroatoms. The third-order valence-corrected chi connectivity index (χ3v) is 3.44. The Morgan fingerprint density at radius 2 is 1.14 bits per heavy atom. The normalized spacial score (nSPS) is 11.2. The standard InChI is InChI=1S/C15H12N6/c16-13-18-14(17)20-15(19-13)21-11-7-3-1-5-9(11)10-6-2-4-8-12(10)21/h1-8H,(H4,16,17,18,19,20). The minimum absolute atomic E-state index is 0.111. The van der Waals surface area contributed by atoms with E-state index in [1.54, 1.807) is 0 Å². The van der Waals surface area contributed by atoms with E-state index in [4.69, 9.17) is 11.5 Å². The van der Waals surface area contributed by atoms with Crippen LogP contribution in [0.15, 0.2) is 48.5 Å². The lowest BCUT2D eigenvalue weighted by Crippen LogP contribution is -2.08. The van der Waals surface area contributed by atoms with Crippen LogP contribution in [-0.2, 0) is 0 Å². The fourth-order valence-electron chi connectivity index (χ4n) is 2.64. The molecular formula is C15H12N6. The van der Waals surface area contributed by atoms with Crippen molar-refractivity contribution in [2.75, 3.05) is 11.5 Å². The van der Waals surface area contributed by atoms with E-state index in [9.17, 15) is 0 Å². The first-order chi connectivity index (χ1) is 10.2. The van der Waals surface area contributed by atoms with E-state index >= 15 is 0 Å². The highest BCUT2D eigenvalue weighted by molar-refractivity contribution is 6.08. The molecule has 0 aliphatic heterocycles. The smallest absolute Gasteiger partial charge is 0.241 e. The highest BCUT2D eigenvalue weighted by Gasteiger charge is 2.14. The number of benzene rings is 2. The molecule has 0 spiro atoms. The van der Waals surface area contributed by atoms with E-state index in [-0.39, 0.29) is 11.9 Å². The number of rotatable bonds is 1. The Bertz CT molecular complexity index is 899. The highest BCUT2D eigenvalue weighted by atomic mass is 15.2. The van der Waals surface area contributed by atoms with Gasteiger partial charge in [-0.3, -0.25) is 4.57 Å². The Kier molecular flexibility index (Phi) is 2.32. The molecule has 102 valence electrons. The quantitative estimate of drug-likeness (QED) is 0.555. The predicted octanol–water partition coefficient (Wildman–Crippen LogP) is 2.13. The summed E-state index contributed by atoms with van der Waals surface area (Å²) in [7, 11) is 0. The van der Waals surface area contributed by atoms with E-state index in [0.29, 0.717) is 5.95 Å². The first-order valence-electron chi connectivity index (χ1n) is 6.49. The molecule has 4 N–H and O–H groups in total. The molecule has 2 heterocycles. The summed E-state index contributed by atoms with van der Waals surface area (Å²) in [5, 5.41) is 2.26. The lowest BCUT2D eigenvalue weighted by atomic mass is 10.2. The van der Waals surface area contributed by atoms with Crippen LogP contribution in [0.2, 0.25) is 0 Å². The summed E-state index contributed by atoms with van der Waals surface area (Å²) in [5.41, 5.74) is 13.4. The molecule has 0 saturated heterocycles. The van der Waals surface area contributed by atoms with Crippen LogP contribution in [0.4, 0.5) is 11.9 Å². The van der Waals surface area contributed by atoms with E-state index in [1.807, 2.05) is 41.0 Å². The molecule has 2 aromatic heterocycles. The molecule has 0 saturated carbocycles. The predicted molar refractivity (Wildman–Crippen MR) is 83.0 cm³/mol. The summed E-state index contributed by atoms with van der Waals surface area (Å²) < 4.78 is 1.94. The van der Waals surface area contributed by atoms with Crippen LogP contribution in [0, 0.1) is 0 Å². The summed E-state index contributed by atoms with van der Waals surface area (Å²) in [6.07, 6.45) is 0. The Morgan fingerprint density at radius 1 is 0.667 bits per heavy atom. The van der Waals surface area contributed by atoms with Crippen LogP contribution in [0.5, 0.6) is 0 Å². The molecular weight excluding hydrogens is 264 g/mol. The number of nitrogen functional groups attached to an aromatic ring is 2. The van der Waals surface area contributed by atoms with Gasteiger partial charge in [0, 0.05) is 10.8 Å². The molecule has 0 bridgehead atoms. The van der Waals surface area contributed by atoms with Crippen LogP contribution >= 0.6 is 0 Å². The number of anilines is 2.